The lowest BCUT2D eigenvalue weighted by molar-refractivity contribution is -0.710. The summed E-state index contributed by atoms with van der Waals surface area (Å²) in [6.07, 6.45) is 21.1. The minimum Gasteiger partial charge on any atom is -0.342 e. The van der Waals surface area contributed by atoms with E-state index in [-0.39, 0.29) is 0 Å². The molecule has 3 heteroatoms. The highest BCUT2D eigenvalue weighted by Crippen LogP contribution is 2.13. The normalized spacial score (nSPS) is 11.5. The lowest BCUT2D eigenvalue weighted by Gasteiger charge is -2.03. The van der Waals surface area contributed by atoms with Gasteiger partial charge in [-0.15, -0.1) is 0 Å². The number of benzene rings is 1. The Bertz CT molecular complexity index is 649. The molecule has 0 atom stereocenters. The highest BCUT2D eigenvalue weighted by molar-refractivity contribution is 5.71. The number of imidazole rings is 1. The number of aromatic nitrogens is 2. The summed E-state index contributed by atoms with van der Waals surface area (Å²) in [6, 6.07) is 8.73. The van der Waals surface area contributed by atoms with Gasteiger partial charge in [-0.3, -0.25) is 0 Å². The molecule has 1 heterocycles. The Hall–Kier alpha value is -1.35. The van der Waals surface area contributed by atoms with Gasteiger partial charge in [-0.05, 0) is 31.4 Å². The fraction of sp³-hybridized carbons (Fsp3) is 0.731. The standard InChI is InChI=1S/C26H45N2O/c1-3-5-7-9-11-12-14-18-22-29-24-28-23-27(21-17-13-10-8-6-4-2)25-19-15-16-20-26(25)28/h15-16,19-20,23H,3-14,17-18,21-22,24H2,1-2H3/q+1. The molecule has 29 heavy (non-hydrogen) atoms. The first kappa shape index (κ1) is 23.9. The molecular formula is C26H45N2O+. The third-order valence-corrected chi connectivity index (χ3v) is 5.90. The molecule has 2 aromatic rings. The van der Waals surface area contributed by atoms with Crippen molar-refractivity contribution in [3.05, 3.63) is 30.6 Å². The third-order valence-electron chi connectivity index (χ3n) is 5.90. The van der Waals surface area contributed by atoms with Crippen LogP contribution in [0.25, 0.3) is 11.0 Å². The van der Waals surface area contributed by atoms with Crippen LogP contribution in [0.1, 0.15) is 104 Å². The summed E-state index contributed by atoms with van der Waals surface area (Å²) in [4.78, 5) is 0. The van der Waals surface area contributed by atoms with Crippen molar-refractivity contribution in [2.75, 3.05) is 6.61 Å². The summed E-state index contributed by atoms with van der Waals surface area (Å²) in [5, 5.41) is 0. The van der Waals surface area contributed by atoms with Crippen LogP contribution in [-0.4, -0.2) is 11.2 Å². The van der Waals surface area contributed by atoms with Crippen LogP contribution in [0, 0.1) is 0 Å². The summed E-state index contributed by atoms with van der Waals surface area (Å²) in [6.45, 7) is 7.21. The molecule has 0 radical (unpaired) electrons. The number of rotatable bonds is 18. The van der Waals surface area contributed by atoms with Gasteiger partial charge in [0.15, 0.2) is 17.8 Å². The minimum absolute atomic E-state index is 0.667. The van der Waals surface area contributed by atoms with Crippen molar-refractivity contribution in [1.82, 2.24) is 4.57 Å². The Balaban J connectivity index is 1.68. The molecule has 0 N–H and O–H groups in total. The van der Waals surface area contributed by atoms with E-state index in [4.69, 9.17) is 4.74 Å². The first-order valence-corrected chi connectivity index (χ1v) is 12.4. The smallest absolute Gasteiger partial charge is 0.246 e. The monoisotopic (exact) mass is 401 g/mol. The van der Waals surface area contributed by atoms with E-state index in [9.17, 15) is 0 Å². The van der Waals surface area contributed by atoms with Crippen LogP contribution in [0.4, 0.5) is 0 Å². The van der Waals surface area contributed by atoms with Gasteiger partial charge in [0, 0.05) is 0 Å². The highest BCUT2D eigenvalue weighted by atomic mass is 16.5. The van der Waals surface area contributed by atoms with Crippen molar-refractivity contribution in [2.45, 2.75) is 117 Å². The predicted octanol–water partition coefficient (Wildman–Crippen LogP) is 7.40. The molecule has 0 spiro atoms. The molecule has 1 aromatic carbocycles. The van der Waals surface area contributed by atoms with Gasteiger partial charge in [0.25, 0.3) is 0 Å². The molecule has 0 saturated carbocycles. The average Bonchev–Trinajstić information content (AvgIpc) is 3.10. The quantitative estimate of drug-likeness (QED) is 0.188. The number of hydrogen-bond acceptors (Lipinski definition) is 1. The number of fused-ring (bicyclic) bond motifs is 1. The van der Waals surface area contributed by atoms with Gasteiger partial charge in [0.2, 0.25) is 6.33 Å². The van der Waals surface area contributed by atoms with Crippen LogP contribution in [0.2, 0.25) is 0 Å². The number of ether oxygens (including phenoxy) is 1. The molecule has 0 amide bonds. The number of nitrogens with zero attached hydrogens (tertiary/aromatic N) is 2. The molecule has 0 aliphatic carbocycles. The van der Waals surface area contributed by atoms with Gasteiger partial charge < -0.3 is 4.74 Å². The zero-order valence-electron chi connectivity index (χ0n) is 19.2. The van der Waals surface area contributed by atoms with Crippen molar-refractivity contribution in [2.24, 2.45) is 0 Å². The van der Waals surface area contributed by atoms with Gasteiger partial charge >= 0.3 is 0 Å². The number of hydrogen-bond donors (Lipinski definition) is 0. The number of para-hydroxylation sites is 2. The molecule has 3 nitrogen and oxygen atoms in total. The maximum atomic E-state index is 6.01. The van der Waals surface area contributed by atoms with Crippen LogP contribution in [-0.2, 0) is 18.0 Å². The van der Waals surface area contributed by atoms with Gasteiger partial charge in [0.1, 0.15) is 0 Å². The maximum absolute atomic E-state index is 6.01. The van der Waals surface area contributed by atoms with E-state index in [0.29, 0.717) is 6.73 Å². The van der Waals surface area contributed by atoms with Gasteiger partial charge in [0.05, 0.1) is 13.2 Å². The minimum atomic E-state index is 0.667. The Morgan fingerprint density at radius 3 is 2.00 bits per heavy atom. The maximum Gasteiger partial charge on any atom is 0.246 e. The van der Waals surface area contributed by atoms with Gasteiger partial charge in [-0.1, -0.05) is 96.6 Å². The second-order valence-corrected chi connectivity index (χ2v) is 8.55. The lowest BCUT2D eigenvalue weighted by atomic mass is 10.1. The van der Waals surface area contributed by atoms with Crippen LogP contribution in [0.5, 0.6) is 0 Å². The van der Waals surface area contributed by atoms with E-state index in [0.717, 1.165) is 13.2 Å². The first-order chi connectivity index (χ1) is 14.4. The van der Waals surface area contributed by atoms with E-state index in [1.165, 1.54) is 101 Å². The summed E-state index contributed by atoms with van der Waals surface area (Å²) in [5.74, 6) is 0. The summed E-state index contributed by atoms with van der Waals surface area (Å²) in [5.41, 5.74) is 2.62. The van der Waals surface area contributed by atoms with E-state index < -0.39 is 0 Å². The van der Waals surface area contributed by atoms with E-state index in [1.807, 2.05) is 0 Å². The van der Waals surface area contributed by atoms with Crippen LogP contribution < -0.4 is 4.57 Å². The van der Waals surface area contributed by atoms with Crippen LogP contribution >= 0.6 is 0 Å². The van der Waals surface area contributed by atoms with E-state index in [1.54, 1.807) is 0 Å². The molecule has 164 valence electrons. The van der Waals surface area contributed by atoms with Gasteiger partial charge in [-0.2, -0.15) is 0 Å². The zero-order chi connectivity index (χ0) is 20.6. The Labute approximate surface area is 179 Å². The molecule has 0 fully saturated rings. The van der Waals surface area contributed by atoms with E-state index >= 15 is 0 Å². The average molecular weight is 402 g/mol. The van der Waals surface area contributed by atoms with Crippen molar-refractivity contribution in [1.29, 1.82) is 0 Å². The Kier molecular flexibility index (Phi) is 12.8. The number of unbranched alkanes of at least 4 members (excludes halogenated alkanes) is 12. The fourth-order valence-corrected chi connectivity index (χ4v) is 4.09. The fourth-order valence-electron chi connectivity index (χ4n) is 4.09. The second-order valence-electron chi connectivity index (χ2n) is 8.55. The molecule has 2 rings (SSSR count). The number of aryl methyl sites for hydroxylation is 1. The third kappa shape index (κ3) is 9.33. The highest BCUT2D eigenvalue weighted by Gasteiger charge is 2.14. The Morgan fingerprint density at radius 1 is 0.724 bits per heavy atom. The molecule has 0 unspecified atom stereocenters. The zero-order valence-corrected chi connectivity index (χ0v) is 19.2. The lowest BCUT2D eigenvalue weighted by Crippen LogP contribution is -2.34. The van der Waals surface area contributed by atoms with Crippen molar-refractivity contribution in [3.63, 3.8) is 0 Å². The predicted molar refractivity (Wildman–Crippen MR) is 124 cm³/mol. The van der Waals surface area contributed by atoms with Crippen LogP contribution in [0.15, 0.2) is 30.6 Å². The topological polar surface area (TPSA) is 18.0 Å². The SMILES string of the molecule is CCCCCCCCCCOC[n+]1cn(CCCCCCCC)c2ccccc21. The van der Waals surface area contributed by atoms with Gasteiger partial charge in [-0.25, -0.2) is 9.13 Å². The van der Waals surface area contributed by atoms with Crippen LogP contribution in [0.3, 0.4) is 0 Å². The molecular weight excluding hydrogens is 356 g/mol. The molecule has 0 aliphatic rings. The van der Waals surface area contributed by atoms with E-state index in [2.05, 4.69) is 53.6 Å². The van der Waals surface area contributed by atoms with Crippen molar-refractivity contribution in [3.8, 4) is 0 Å². The summed E-state index contributed by atoms with van der Waals surface area (Å²) >= 11 is 0. The van der Waals surface area contributed by atoms with Crippen molar-refractivity contribution < 1.29 is 9.30 Å². The first-order valence-electron chi connectivity index (χ1n) is 12.4. The largest absolute Gasteiger partial charge is 0.342 e. The molecule has 0 bridgehead atoms. The second kappa shape index (κ2) is 15.5. The van der Waals surface area contributed by atoms with Crippen molar-refractivity contribution >= 4 is 11.0 Å². The Morgan fingerprint density at radius 2 is 1.31 bits per heavy atom. The molecule has 0 aliphatic heterocycles. The summed E-state index contributed by atoms with van der Waals surface area (Å²) < 4.78 is 10.7. The summed E-state index contributed by atoms with van der Waals surface area (Å²) in [7, 11) is 0. The molecule has 0 saturated heterocycles. The molecule has 1 aromatic heterocycles.